The molecule has 1 aliphatic heterocycles. The molecule has 0 amide bonds. The van der Waals surface area contributed by atoms with Crippen LogP contribution in [0.15, 0.2) is 18.5 Å². The van der Waals surface area contributed by atoms with Crippen LogP contribution in [0.25, 0.3) is 5.57 Å². The maximum absolute atomic E-state index is 8.30. The number of hydrogen-bond donors (Lipinski definition) is 4. The summed E-state index contributed by atoms with van der Waals surface area (Å²) in [5.41, 5.74) is 14.2. The van der Waals surface area contributed by atoms with E-state index >= 15 is 0 Å². The molecule has 0 unspecified atom stereocenters. The van der Waals surface area contributed by atoms with Gasteiger partial charge in [0.2, 0.25) is 0 Å². The molecule has 1 aliphatic rings. The zero-order valence-corrected chi connectivity index (χ0v) is 12.1. The maximum Gasteiger partial charge on any atom is 0.0739 e. The molecule has 0 aliphatic carbocycles. The Labute approximate surface area is 124 Å². The summed E-state index contributed by atoms with van der Waals surface area (Å²) in [5, 5.41) is 15.6. The van der Waals surface area contributed by atoms with Crippen LogP contribution in [-0.2, 0) is 0 Å². The number of likely N-dealkylation sites (tertiary alicyclic amines) is 1. The van der Waals surface area contributed by atoms with Crippen LogP contribution in [-0.4, -0.2) is 41.4 Å². The fourth-order valence-corrected chi connectivity index (χ4v) is 2.52. The molecular formula is C15H22N6. The molecule has 2 heterocycles. The third-order valence-electron chi connectivity index (χ3n) is 3.72. The molecular weight excluding hydrogens is 264 g/mol. The van der Waals surface area contributed by atoms with Gasteiger partial charge in [-0.15, -0.1) is 0 Å². The summed E-state index contributed by atoms with van der Waals surface area (Å²) < 4.78 is 0. The quantitative estimate of drug-likeness (QED) is 0.613. The summed E-state index contributed by atoms with van der Waals surface area (Å²) >= 11 is 0. The number of pyridine rings is 1. The van der Waals surface area contributed by atoms with Gasteiger partial charge in [0.05, 0.1) is 23.3 Å². The van der Waals surface area contributed by atoms with Gasteiger partial charge in [-0.25, -0.2) is 0 Å². The van der Waals surface area contributed by atoms with Crippen LogP contribution in [0.5, 0.6) is 0 Å². The van der Waals surface area contributed by atoms with E-state index in [-0.39, 0.29) is 0 Å². The molecule has 1 aromatic rings. The molecule has 1 aromatic heterocycles. The second-order valence-corrected chi connectivity index (χ2v) is 5.24. The van der Waals surface area contributed by atoms with Crippen LogP contribution in [0.1, 0.15) is 30.5 Å². The van der Waals surface area contributed by atoms with Gasteiger partial charge in [-0.3, -0.25) is 9.88 Å². The van der Waals surface area contributed by atoms with E-state index in [1.165, 1.54) is 31.7 Å². The molecule has 6 heteroatoms. The predicted molar refractivity (Wildman–Crippen MR) is 86.7 cm³/mol. The zero-order chi connectivity index (χ0) is 15.2. The minimum atomic E-state index is 0.486. The lowest BCUT2D eigenvalue weighted by Crippen LogP contribution is -2.34. The van der Waals surface area contributed by atoms with E-state index in [0.717, 1.165) is 19.3 Å². The molecule has 21 heavy (non-hydrogen) atoms. The van der Waals surface area contributed by atoms with E-state index in [9.17, 15) is 0 Å². The first-order chi connectivity index (χ1) is 10.2. The SMILES string of the molecule is N=C/C(=C\N)c1cc(C(=N)CN2CCCCC2)c(N)cn1. The summed E-state index contributed by atoms with van der Waals surface area (Å²) in [6.45, 7) is 2.67. The van der Waals surface area contributed by atoms with E-state index < -0.39 is 0 Å². The van der Waals surface area contributed by atoms with Crippen molar-refractivity contribution in [3.63, 3.8) is 0 Å². The number of nitrogens with zero attached hydrogens (tertiary/aromatic N) is 2. The molecule has 0 atom stereocenters. The third kappa shape index (κ3) is 3.66. The normalized spacial score (nSPS) is 16.7. The summed E-state index contributed by atoms with van der Waals surface area (Å²) in [5.74, 6) is 0. The average Bonchev–Trinajstić information content (AvgIpc) is 2.51. The predicted octanol–water partition coefficient (Wildman–Crippen LogP) is 1.47. The van der Waals surface area contributed by atoms with Crippen LogP contribution >= 0.6 is 0 Å². The molecule has 0 aromatic carbocycles. The van der Waals surface area contributed by atoms with Gasteiger partial charge in [0.15, 0.2) is 0 Å². The van der Waals surface area contributed by atoms with Crippen molar-refractivity contribution in [1.82, 2.24) is 9.88 Å². The molecule has 6 N–H and O–H groups in total. The maximum atomic E-state index is 8.30. The summed E-state index contributed by atoms with van der Waals surface area (Å²) in [7, 11) is 0. The van der Waals surface area contributed by atoms with Gasteiger partial charge in [-0.05, 0) is 32.0 Å². The van der Waals surface area contributed by atoms with Crippen LogP contribution in [0.2, 0.25) is 0 Å². The van der Waals surface area contributed by atoms with Crippen LogP contribution in [0, 0.1) is 10.8 Å². The second-order valence-electron chi connectivity index (χ2n) is 5.24. The topological polar surface area (TPSA) is 116 Å². The Morgan fingerprint density at radius 1 is 1.33 bits per heavy atom. The largest absolute Gasteiger partial charge is 0.404 e. The van der Waals surface area contributed by atoms with Crippen molar-refractivity contribution in [3.05, 3.63) is 29.7 Å². The van der Waals surface area contributed by atoms with Gasteiger partial charge in [-0.1, -0.05) is 6.42 Å². The first kappa shape index (κ1) is 15.2. The number of nitrogen functional groups attached to an aromatic ring is 1. The van der Waals surface area contributed by atoms with Crippen molar-refractivity contribution in [2.45, 2.75) is 19.3 Å². The number of nitrogens with one attached hydrogen (secondary N) is 2. The second kappa shape index (κ2) is 6.99. The number of allylic oxidation sites excluding steroid dienone is 1. The van der Waals surface area contributed by atoms with Crippen molar-refractivity contribution in [2.75, 3.05) is 25.4 Å². The number of nitrogens with two attached hydrogens (primary N) is 2. The highest BCUT2D eigenvalue weighted by molar-refractivity contribution is 6.09. The monoisotopic (exact) mass is 286 g/mol. The van der Waals surface area contributed by atoms with Gasteiger partial charge in [0.25, 0.3) is 0 Å². The third-order valence-corrected chi connectivity index (χ3v) is 3.72. The van der Waals surface area contributed by atoms with E-state index in [1.807, 2.05) is 0 Å². The Kier molecular flexibility index (Phi) is 5.05. The molecule has 0 saturated carbocycles. The van der Waals surface area contributed by atoms with Crippen molar-refractivity contribution in [2.24, 2.45) is 5.73 Å². The van der Waals surface area contributed by atoms with Gasteiger partial charge < -0.3 is 22.3 Å². The molecule has 1 fully saturated rings. The van der Waals surface area contributed by atoms with Crippen molar-refractivity contribution >= 4 is 23.2 Å². The Morgan fingerprint density at radius 2 is 2.05 bits per heavy atom. The summed E-state index contributed by atoms with van der Waals surface area (Å²) in [6, 6.07) is 1.74. The molecule has 6 nitrogen and oxygen atoms in total. The molecule has 0 spiro atoms. The highest BCUT2D eigenvalue weighted by Crippen LogP contribution is 2.18. The average molecular weight is 286 g/mol. The van der Waals surface area contributed by atoms with Crippen molar-refractivity contribution in [3.8, 4) is 0 Å². The summed E-state index contributed by atoms with van der Waals surface area (Å²) in [4.78, 5) is 6.45. The van der Waals surface area contributed by atoms with Gasteiger partial charge in [0, 0.05) is 30.1 Å². The van der Waals surface area contributed by atoms with Gasteiger partial charge in [-0.2, -0.15) is 0 Å². The molecule has 0 radical (unpaired) electrons. The number of rotatable bonds is 5. The molecule has 2 rings (SSSR count). The Balaban J connectivity index is 2.19. The molecule has 112 valence electrons. The lowest BCUT2D eigenvalue weighted by atomic mass is 10.0. The number of hydrogen-bond acceptors (Lipinski definition) is 6. The smallest absolute Gasteiger partial charge is 0.0739 e. The Hall–Kier alpha value is -2.21. The van der Waals surface area contributed by atoms with E-state index in [2.05, 4.69) is 9.88 Å². The highest BCUT2D eigenvalue weighted by Gasteiger charge is 2.15. The lowest BCUT2D eigenvalue weighted by molar-refractivity contribution is 0.258. The first-order valence-electron chi connectivity index (χ1n) is 7.14. The fourth-order valence-electron chi connectivity index (χ4n) is 2.52. The molecule has 1 saturated heterocycles. The highest BCUT2D eigenvalue weighted by atomic mass is 15.1. The van der Waals surface area contributed by atoms with Crippen LogP contribution < -0.4 is 11.5 Å². The Morgan fingerprint density at radius 3 is 2.67 bits per heavy atom. The van der Waals surface area contributed by atoms with Gasteiger partial charge in [0.1, 0.15) is 0 Å². The standard InChI is InChI=1S/C15H22N6/c16-7-11(8-17)15-6-12(13(18)9-20-15)14(19)10-21-4-2-1-3-5-21/h6-9,16,19H,1-5,10,17-18H2/b11-8+,16-7?,19-14?. The van der Waals surface area contributed by atoms with Crippen molar-refractivity contribution < 1.29 is 0 Å². The fraction of sp³-hybridized carbons (Fsp3) is 0.400. The minimum absolute atomic E-state index is 0.486. The minimum Gasteiger partial charge on any atom is -0.404 e. The van der Waals surface area contributed by atoms with E-state index in [4.69, 9.17) is 22.3 Å². The van der Waals surface area contributed by atoms with Crippen molar-refractivity contribution in [1.29, 1.82) is 10.8 Å². The number of piperidine rings is 1. The lowest BCUT2D eigenvalue weighted by Gasteiger charge is -2.26. The number of anilines is 1. The zero-order valence-electron chi connectivity index (χ0n) is 12.1. The van der Waals surface area contributed by atoms with Crippen LogP contribution in [0.3, 0.4) is 0 Å². The summed E-state index contributed by atoms with van der Waals surface area (Å²) in [6.07, 6.45) is 7.67. The van der Waals surface area contributed by atoms with E-state index in [1.54, 1.807) is 6.07 Å². The first-order valence-corrected chi connectivity index (χ1v) is 7.14. The Bertz CT molecular complexity index is 557. The van der Waals surface area contributed by atoms with Crippen LogP contribution in [0.4, 0.5) is 5.69 Å². The van der Waals surface area contributed by atoms with E-state index in [0.29, 0.717) is 34.8 Å². The molecule has 0 bridgehead atoms. The number of aromatic nitrogens is 1. The van der Waals surface area contributed by atoms with Gasteiger partial charge >= 0.3 is 0 Å².